The molecule has 1 fully saturated rings. The van der Waals surface area contributed by atoms with Crippen LogP contribution in [0.2, 0.25) is 0 Å². The monoisotopic (exact) mass is 175 g/mol. The van der Waals surface area contributed by atoms with Crippen LogP contribution >= 0.6 is 0 Å². The molecule has 0 aromatic rings. The van der Waals surface area contributed by atoms with Crippen LogP contribution in [0.5, 0.6) is 0 Å². The molecule has 2 N–H and O–H groups in total. The minimum Gasteiger partial charge on any atom is -0.453 e. The van der Waals surface area contributed by atoms with Crippen LogP contribution < -0.4 is 5.73 Å². The number of primary amides is 1. The largest absolute Gasteiger partial charge is 0.453 e. The summed E-state index contributed by atoms with van der Waals surface area (Å²) in [4.78, 5) is 9.37. The van der Waals surface area contributed by atoms with Gasteiger partial charge in [0.15, 0.2) is 0 Å². The SMILES string of the molecule is CC1CCC(C)O1.COC(N)=O. The standard InChI is InChI=1S/C6H12O.C2H5NO2/c1-5-3-4-6(2)7-5;1-5-2(3)4/h5-6H,3-4H2,1-2H3;1H3,(H2,3,4). The van der Waals surface area contributed by atoms with E-state index in [0.717, 1.165) is 0 Å². The number of rotatable bonds is 0. The van der Waals surface area contributed by atoms with E-state index in [1.807, 2.05) is 0 Å². The summed E-state index contributed by atoms with van der Waals surface area (Å²) in [6.45, 7) is 4.26. The van der Waals surface area contributed by atoms with Crippen molar-refractivity contribution in [3.63, 3.8) is 0 Å². The lowest BCUT2D eigenvalue weighted by molar-refractivity contribution is 0.0673. The lowest BCUT2D eigenvalue weighted by Crippen LogP contribution is -2.08. The highest BCUT2D eigenvalue weighted by molar-refractivity contribution is 5.64. The van der Waals surface area contributed by atoms with Crippen molar-refractivity contribution >= 4 is 6.09 Å². The summed E-state index contributed by atoms with van der Waals surface area (Å²) in [5.41, 5.74) is 4.43. The first-order valence-electron chi connectivity index (χ1n) is 4.05. The molecule has 12 heavy (non-hydrogen) atoms. The van der Waals surface area contributed by atoms with E-state index >= 15 is 0 Å². The predicted octanol–water partition coefficient (Wildman–Crippen LogP) is 1.29. The van der Waals surface area contributed by atoms with Gasteiger partial charge in [0.05, 0.1) is 19.3 Å². The lowest BCUT2D eigenvalue weighted by atomic mass is 10.2. The molecule has 4 heteroatoms. The van der Waals surface area contributed by atoms with Gasteiger partial charge in [-0.15, -0.1) is 0 Å². The quantitative estimate of drug-likeness (QED) is 0.603. The van der Waals surface area contributed by atoms with E-state index in [2.05, 4.69) is 24.3 Å². The second kappa shape index (κ2) is 5.83. The van der Waals surface area contributed by atoms with Gasteiger partial charge < -0.3 is 15.2 Å². The lowest BCUT2D eigenvalue weighted by Gasteiger charge is -2.01. The van der Waals surface area contributed by atoms with Gasteiger partial charge in [0.25, 0.3) is 0 Å². The first-order chi connectivity index (χ1) is 5.56. The number of amides is 1. The third-order valence-electron chi connectivity index (χ3n) is 1.65. The molecule has 0 saturated carbocycles. The molecule has 1 rings (SSSR count). The Hall–Kier alpha value is -0.770. The average molecular weight is 175 g/mol. The Bertz CT molecular complexity index is 130. The maximum Gasteiger partial charge on any atom is 0.404 e. The average Bonchev–Trinajstić information content (AvgIpc) is 2.36. The third-order valence-corrected chi connectivity index (χ3v) is 1.65. The molecule has 0 aliphatic carbocycles. The Kier molecular flexibility index (Phi) is 5.45. The number of methoxy groups -OCH3 is 1. The second-order valence-corrected chi connectivity index (χ2v) is 2.86. The Labute approximate surface area is 73.0 Å². The number of hydrogen-bond donors (Lipinski definition) is 1. The van der Waals surface area contributed by atoms with E-state index in [1.54, 1.807) is 0 Å². The number of hydrogen-bond acceptors (Lipinski definition) is 3. The summed E-state index contributed by atoms with van der Waals surface area (Å²) in [5, 5.41) is 0. The summed E-state index contributed by atoms with van der Waals surface area (Å²) in [6, 6.07) is 0. The minimum absolute atomic E-state index is 0.523. The van der Waals surface area contributed by atoms with Crippen molar-refractivity contribution in [3.05, 3.63) is 0 Å². The highest BCUT2D eigenvalue weighted by atomic mass is 16.5. The zero-order valence-corrected chi connectivity index (χ0v) is 7.87. The molecule has 0 spiro atoms. The maximum absolute atomic E-state index is 9.37. The first-order valence-corrected chi connectivity index (χ1v) is 4.05. The fourth-order valence-electron chi connectivity index (χ4n) is 1.00. The number of carbonyl (C=O) groups is 1. The fraction of sp³-hybridized carbons (Fsp3) is 0.875. The predicted molar refractivity (Wildman–Crippen MR) is 45.8 cm³/mol. The molecule has 1 aliphatic heterocycles. The van der Waals surface area contributed by atoms with Gasteiger partial charge in [0.1, 0.15) is 0 Å². The molecule has 1 saturated heterocycles. The van der Waals surface area contributed by atoms with Crippen molar-refractivity contribution in [2.45, 2.75) is 38.9 Å². The van der Waals surface area contributed by atoms with Crippen LogP contribution in [-0.2, 0) is 9.47 Å². The van der Waals surface area contributed by atoms with Gasteiger partial charge in [-0.25, -0.2) is 4.79 Å². The molecule has 1 aliphatic rings. The van der Waals surface area contributed by atoms with Gasteiger partial charge in [0.2, 0.25) is 0 Å². The molecule has 0 aromatic carbocycles. The van der Waals surface area contributed by atoms with Crippen molar-refractivity contribution < 1.29 is 14.3 Å². The van der Waals surface area contributed by atoms with Gasteiger partial charge in [0, 0.05) is 0 Å². The summed E-state index contributed by atoms with van der Waals surface area (Å²) in [6.07, 6.45) is 2.80. The summed E-state index contributed by atoms with van der Waals surface area (Å²) in [5.74, 6) is 0. The summed E-state index contributed by atoms with van der Waals surface area (Å²) in [7, 11) is 1.22. The molecule has 2 unspecified atom stereocenters. The van der Waals surface area contributed by atoms with Crippen LogP contribution in [0.25, 0.3) is 0 Å². The van der Waals surface area contributed by atoms with Gasteiger partial charge in [-0.2, -0.15) is 0 Å². The molecule has 2 atom stereocenters. The third kappa shape index (κ3) is 5.97. The Morgan fingerprint density at radius 1 is 1.42 bits per heavy atom. The highest BCUT2D eigenvalue weighted by Gasteiger charge is 2.16. The van der Waals surface area contributed by atoms with Gasteiger partial charge >= 0.3 is 6.09 Å². The summed E-state index contributed by atoms with van der Waals surface area (Å²) >= 11 is 0. The molecule has 1 heterocycles. The van der Waals surface area contributed by atoms with Crippen LogP contribution in [0.4, 0.5) is 4.79 Å². The number of ether oxygens (including phenoxy) is 2. The van der Waals surface area contributed by atoms with Gasteiger partial charge in [-0.05, 0) is 26.7 Å². The molecule has 4 nitrogen and oxygen atoms in total. The van der Waals surface area contributed by atoms with E-state index in [1.165, 1.54) is 20.0 Å². The number of nitrogens with two attached hydrogens (primary N) is 1. The Balaban J connectivity index is 0.000000217. The molecule has 0 aromatic heterocycles. The number of carbonyl (C=O) groups excluding carboxylic acids is 1. The molecule has 1 amide bonds. The minimum atomic E-state index is -0.745. The van der Waals surface area contributed by atoms with Crippen LogP contribution in [0.15, 0.2) is 0 Å². The van der Waals surface area contributed by atoms with E-state index < -0.39 is 6.09 Å². The normalized spacial score (nSPS) is 27.2. The van der Waals surface area contributed by atoms with E-state index in [9.17, 15) is 4.79 Å². The van der Waals surface area contributed by atoms with Crippen molar-refractivity contribution in [2.24, 2.45) is 5.73 Å². The molecular formula is C8H17NO3. The van der Waals surface area contributed by atoms with E-state index in [0.29, 0.717) is 12.2 Å². The van der Waals surface area contributed by atoms with E-state index in [-0.39, 0.29) is 0 Å². The second-order valence-electron chi connectivity index (χ2n) is 2.86. The van der Waals surface area contributed by atoms with Crippen molar-refractivity contribution in [1.82, 2.24) is 0 Å². The van der Waals surface area contributed by atoms with Crippen LogP contribution in [0.3, 0.4) is 0 Å². The van der Waals surface area contributed by atoms with Gasteiger partial charge in [-0.1, -0.05) is 0 Å². The summed E-state index contributed by atoms with van der Waals surface area (Å²) < 4.78 is 9.25. The van der Waals surface area contributed by atoms with Crippen molar-refractivity contribution in [3.8, 4) is 0 Å². The smallest absolute Gasteiger partial charge is 0.404 e. The van der Waals surface area contributed by atoms with Crippen LogP contribution in [0, 0.1) is 0 Å². The highest BCUT2D eigenvalue weighted by Crippen LogP contribution is 2.17. The van der Waals surface area contributed by atoms with Crippen molar-refractivity contribution in [1.29, 1.82) is 0 Å². The topological polar surface area (TPSA) is 61.6 Å². The van der Waals surface area contributed by atoms with Crippen molar-refractivity contribution in [2.75, 3.05) is 7.11 Å². The molecular weight excluding hydrogens is 158 g/mol. The molecule has 0 bridgehead atoms. The van der Waals surface area contributed by atoms with Gasteiger partial charge in [-0.3, -0.25) is 0 Å². The zero-order chi connectivity index (χ0) is 9.56. The molecule has 0 radical (unpaired) electrons. The van der Waals surface area contributed by atoms with Crippen LogP contribution in [0.1, 0.15) is 26.7 Å². The Morgan fingerprint density at radius 2 is 1.75 bits per heavy atom. The zero-order valence-electron chi connectivity index (χ0n) is 7.87. The molecule has 72 valence electrons. The first kappa shape index (κ1) is 11.2. The Morgan fingerprint density at radius 3 is 1.83 bits per heavy atom. The van der Waals surface area contributed by atoms with E-state index in [4.69, 9.17) is 4.74 Å². The van der Waals surface area contributed by atoms with Crippen LogP contribution in [-0.4, -0.2) is 25.4 Å². The fourth-order valence-corrected chi connectivity index (χ4v) is 1.00. The maximum atomic E-state index is 9.37.